The maximum absolute atomic E-state index is 13.3. The largest absolute Gasteiger partial charge is 0.377 e. The Kier molecular flexibility index (Phi) is 10.2. The lowest BCUT2D eigenvalue weighted by atomic mass is 10.1. The molecule has 0 amide bonds. The molecule has 1 aromatic carbocycles. The summed E-state index contributed by atoms with van der Waals surface area (Å²) in [4.78, 5) is 4.11. The van der Waals surface area contributed by atoms with Crippen molar-refractivity contribution in [3.05, 3.63) is 35.4 Å². The van der Waals surface area contributed by atoms with E-state index in [4.69, 9.17) is 9.47 Å². The van der Waals surface area contributed by atoms with Crippen LogP contribution in [-0.4, -0.2) is 45.5 Å². The Bertz CT molecular complexity index is 555. The topological polar surface area (TPSA) is 54.9 Å². The molecule has 0 spiro atoms. The highest BCUT2D eigenvalue weighted by Gasteiger charge is 2.15. The van der Waals surface area contributed by atoms with Crippen molar-refractivity contribution in [2.75, 3.05) is 33.4 Å². The van der Waals surface area contributed by atoms with E-state index in [2.05, 4.69) is 15.6 Å². The van der Waals surface area contributed by atoms with Gasteiger partial charge in [0.1, 0.15) is 0 Å². The van der Waals surface area contributed by atoms with E-state index in [0.29, 0.717) is 31.3 Å². The molecular weight excluding hydrogens is 443 g/mol. The molecular formula is C17H26F2IN3O2. The minimum absolute atomic E-state index is 0. The molecule has 5 nitrogen and oxygen atoms in total. The number of guanidine groups is 1. The summed E-state index contributed by atoms with van der Waals surface area (Å²) < 4.78 is 37.3. The number of nitrogens with one attached hydrogen (secondary N) is 2. The van der Waals surface area contributed by atoms with E-state index in [1.54, 1.807) is 13.1 Å². The molecule has 2 N–H and O–H groups in total. The lowest BCUT2D eigenvalue weighted by Crippen LogP contribution is -2.40. The number of rotatable bonds is 7. The Morgan fingerprint density at radius 2 is 2.20 bits per heavy atom. The molecule has 142 valence electrons. The maximum atomic E-state index is 13.3. The van der Waals surface area contributed by atoms with Gasteiger partial charge >= 0.3 is 0 Å². The van der Waals surface area contributed by atoms with Crippen molar-refractivity contribution in [3.63, 3.8) is 0 Å². The van der Waals surface area contributed by atoms with Gasteiger partial charge in [0.15, 0.2) is 17.6 Å². The van der Waals surface area contributed by atoms with Crippen LogP contribution in [0.4, 0.5) is 8.78 Å². The quantitative estimate of drug-likeness (QED) is 0.279. The molecule has 1 aliphatic heterocycles. The van der Waals surface area contributed by atoms with Crippen molar-refractivity contribution in [1.29, 1.82) is 0 Å². The summed E-state index contributed by atoms with van der Waals surface area (Å²) in [5.74, 6) is -1.13. The number of nitrogens with zero attached hydrogens (tertiary/aromatic N) is 1. The maximum Gasteiger partial charge on any atom is 0.191 e. The fourth-order valence-electron chi connectivity index (χ4n) is 2.50. The van der Waals surface area contributed by atoms with Crippen LogP contribution in [0, 0.1) is 11.6 Å². The number of hydrogen-bond donors (Lipinski definition) is 2. The lowest BCUT2D eigenvalue weighted by molar-refractivity contribution is 0.0191. The first-order chi connectivity index (χ1) is 11.6. The number of ether oxygens (including phenoxy) is 2. The van der Waals surface area contributed by atoms with Crippen molar-refractivity contribution < 1.29 is 18.3 Å². The molecule has 1 fully saturated rings. The van der Waals surface area contributed by atoms with Gasteiger partial charge in [0.2, 0.25) is 0 Å². The van der Waals surface area contributed by atoms with Gasteiger partial charge in [-0.15, -0.1) is 24.0 Å². The summed E-state index contributed by atoms with van der Waals surface area (Å²) in [6.45, 7) is 4.42. The van der Waals surface area contributed by atoms with Crippen LogP contribution >= 0.6 is 24.0 Å². The van der Waals surface area contributed by atoms with Crippen LogP contribution < -0.4 is 10.6 Å². The second kappa shape index (κ2) is 11.6. The first-order valence-corrected chi connectivity index (χ1v) is 8.21. The van der Waals surface area contributed by atoms with Gasteiger partial charge in [-0.2, -0.15) is 0 Å². The summed E-state index contributed by atoms with van der Waals surface area (Å²) in [7, 11) is 1.65. The molecule has 1 heterocycles. The summed E-state index contributed by atoms with van der Waals surface area (Å²) in [6, 6.07) is 3.65. The number of halogens is 3. The van der Waals surface area contributed by atoms with E-state index in [-0.39, 0.29) is 36.1 Å². The van der Waals surface area contributed by atoms with Gasteiger partial charge in [0.05, 0.1) is 25.4 Å². The Morgan fingerprint density at radius 3 is 2.84 bits per heavy atom. The molecule has 0 aliphatic carbocycles. The molecule has 1 aromatic rings. The standard InChI is InChI=1S/C17H25F2N3O2.HI/c1-12(13-5-6-15(18)16(19)10-13)22-17(20-2)21-7-9-23-11-14-4-3-8-24-14;/h5-6,10,12,14H,3-4,7-9,11H2,1-2H3,(H2,20,21,22);1H. The first kappa shape index (κ1) is 22.0. The van der Waals surface area contributed by atoms with Crippen LogP contribution in [0.2, 0.25) is 0 Å². The summed E-state index contributed by atoms with van der Waals surface area (Å²) in [5.41, 5.74) is 0.645. The summed E-state index contributed by atoms with van der Waals surface area (Å²) in [5, 5.41) is 6.26. The van der Waals surface area contributed by atoms with Gasteiger partial charge in [-0.05, 0) is 37.5 Å². The minimum atomic E-state index is -0.855. The second-order valence-corrected chi connectivity index (χ2v) is 5.75. The van der Waals surface area contributed by atoms with Crippen LogP contribution in [0.3, 0.4) is 0 Å². The average molecular weight is 469 g/mol. The van der Waals surface area contributed by atoms with Gasteiger partial charge in [0.25, 0.3) is 0 Å². The Hall–Kier alpha value is -1.00. The van der Waals surface area contributed by atoms with Crippen molar-refractivity contribution in [3.8, 4) is 0 Å². The van der Waals surface area contributed by atoms with Crippen LogP contribution in [0.1, 0.15) is 31.4 Å². The zero-order valence-electron chi connectivity index (χ0n) is 14.6. The first-order valence-electron chi connectivity index (χ1n) is 8.21. The van der Waals surface area contributed by atoms with Gasteiger partial charge in [-0.3, -0.25) is 4.99 Å². The van der Waals surface area contributed by atoms with E-state index in [0.717, 1.165) is 25.5 Å². The highest BCUT2D eigenvalue weighted by atomic mass is 127. The van der Waals surface area contributed by atoms with Crippen molar-refractivity contribution in [2.45, 2.75) is 31.9 Å². The highest BCUT2D eigenvalue weighted by Crippen LogP contribution is 2.15. The molecule has 0 aromatic heterocycles. The minimum Gasteiger partial charge on any atom is -0.377 e. The van der Waals surface area contributed by atoms with E-state index in [1.807, 2.05) is 6.92 Å². The van der Waals surface area contributed by atoms with Crippen LogP contribution in [0.25, 0.3) is 0 Å². The second-order valence-electron chi connectivity index (χ2n) is 5.75. The fourth-order valence-corrected chi connectivity index (χ4v) is 2.50. The van der Waals surface area contributed by atoms with Crippen molar-refractivity contribution in [1.82, 2.24) is 10.6 Å². The van der Waals surface area contributed by atoms with E-state index < -0.39 is 11.6 Å². The number of aliphatic imine (C=N–C) groups is 1. The molecule has 2 atom stereocenters. The molecule has 0 radical (unpaired) electrons. The monoisotopic (exact) mass is 469 g/mol. The van der Waals surface area contributed by atoms with Gasteiger partial charge in [-0.1, -0.05) is 6.07 Å². The summed E-state index contributed by atoms with van der Waals surface area (Å²) >= 11 is 0. The molecule has 1 aliphatic rings. The normalized spacial score (nSPS) is 18.6. The molecule has 2 rings (SSSR count). The van der Waals surface area contributed by atoms with Crippen molar-refractivity contribution >= 4 is 29.9 Å². The predicted octanol–water partition coefficient (Wildman–Crippen LogP) is 3.00. The SMILES string of the molecule is CN=C(NCCOCC1CCCO1)NC(C)c1ccc(F)c(F)c1.I. The van der Waals surface area contributed by atoms with Gasteiger partial charge in [-0.25, -0.2) is 8.78 Å². The third-order valence-corrected chi connectivity index (χ3v) is 3.89. The smallest absolute Gasteiger partial charge is 0.191 e. The van der Waals surface area contributed by atoms with Crippen LogP contribution in [0.5, 0.6) is 0 Å². The Morgan fingerprint density at radius 1 is 1.40 bits per heavy atom. The zero-order valence-corrected chi connectivity index (χ0v) is 16.9. The van der Waals surface area contributed by atoms with Crippen LogP contribution in [0.15, 0.2) is 23.2 Å². The molecule has 2 unspecified atom stereocenters. The van der Waals surface area contributed by atoms with Gasteiger partial charge < -0.3 is 20.1 Å². The lowest BCUT2D eigenvalue weighted by Gasteiger charge is -2.18. The Balaban J connectivity index is 0.00000312. The summed E-state index contributed by atoms with van der Waals surface area (Å²) in [6.07, 6.45) is 2.38. The van der Waals surface area contributed by atoms with Gasteiger partial charge in [0, 0.05) is 20.2 Å². The van der Waals surface area contributed by atoms with Crippen molar-refractivity contribution in [2.24, 2.45) is 4.99 Å². The van der Waals surface area contributed by atoms with E-state index in [9.17, 15) is 8.78 Å². The fraction of sp³-hybridized carbons (Fsp3) is 0.588. The molecule has 8 heteroatoms. The molecule has 1 saturated heterocycles. The highest BCUT2D eigenvalue weighted by molar-refractivity contribution is 14.0. The van der Waals surface area contributed by atoms with E-state index in [1.165, 1.54) is 6.07 Å². The zero-order chi connectivity index (χ0) is 17.4. The molecule has 0 bridgehead atoms. The third-order valence-electron chi connectivity index (χ3n) is 3.89. The molecule has 25 heavy (non-hydrogen) atoms. The third kappa shape index (κ3) is 7.41. The predicted molar refractivity (Wildman–Crippen MR) is 104 cm³/mol. The number of hydrogen-bond acceptors (Lipinski definition) is 3. The average Bonchev–Trinajstić information content (AvgIpc) is 3.09. The molecule has 0 saturated carbocycles. The number of benzene rings is 1. The van der Waals surface area contributed by atoms with E-state index >= 15 is 0 Å². The Labute approximate surface area is 164 Å². The van der Waals surface area contributed by atoms with Crippen LogP contribution in [-0.2, 0) is 9.47 Å².